The summed E-state index contributed by atoms with van der Waals surface area (Å²) in [6.45, 7) is 0. The number of para-hydroxylation sites is 1. The summed E-state index contributed by atoms with van der Waals surface area (Å²) < 4.78 is 2.21. The summed E-state index contributed by atoms with van der Waals surface area (Å²) in [7, 11) is 0. The fourth-order valence-electron chi connectivity index (χ4n) is 3.35. The number of benzene rings is 3. The number of hydrogen-bond acceptors (Lipinski definition) is 1. The van der Waals surface area contributed by atoms with Crippen molar-refractivity contribution >= 4 is 16.7 Å². The van der Waals surface area contributed by atoms with Crippen LogP contribution in [0.4, 0.5) is 0 Å². The van der Waals surface area contributed by atoms with Crippen molar-refractivity contribution < 1.29 is 4.79 Å². The Bertz CT molecular complexity index is 986. The summed E-state index contributed by atoms with van der Waals surface area (Å²) in [4.78, 5) is 12.8. The third kappa shape index (κ3) is 3.11. The van der Waals surface area contributed by atoms with Crippen molar-refractivity contribution in [3.63, 3.8) is 0 Å². The Kier molecular flexibility index (Phi) is 4.17. The van der Waals surface area contributed by atoms with Crippen LogP contribution in [-0.2, 0) is 0 Å². The molecule has 1 heterocycles. The van der Waals surface area contributed by atoms with Crippen molar-refractivity contribution in [3.05, 3.63) is 108 Å². The molecule has 0 saturated carbocycles. The number of hydrogen-bond donors (Lipinski definition) is 0. The second kappa shape index (κ2) is 6.78. The molecule has 122 valence electrons. The minimum absolute atomic E-state index is 0.0196. The van der Waals surface area contributed by atoms with Gasteiger partial charge in [-0.3, -0.25) is 4.79 Å². The Morgan fingerprint density at radius 1 is 0.760 bits per heavy atom. The number of Topliss-reactive ketones (excluding diaryl/α,β-unsaturated/α-hetero) is 1. The van der Waals surface area contributed by atoms with Crippen molar-refractivity contribution in [1.82, 2.24) is 4.57 Å². The average molecular weight is 325 g/mol. The molecular formula is C23H19NO. The molecule has 1 atom stereocenters. The summed E-state index contributed by atoms with van der Waals surface area (Å²) in [6.07, 6.45) is 2.52. The molecule has 2 heteroatoms. The third-order valence-corrected chi connectivity index (χ3v) is 4.62. The molecule has 4 aromatic rings. The van der Waals surface area contributed by atoms with Crippen molar-refractivity contribution in [2.75, 3.05) is 0 Å². The van der Waals surface area contributed by atoms with Gasteiger partial charge in [-0.2, -0.15) is 0 Å². The van der Waals surface area contributed by atoms with E-state index in [1.165, 1.54) is 5.39 Å². The zero-order chi connectivity index (χ0) is 17.1. The number of ketones is 1. The molecule has 0 amide bonds. The lowest BCUT2D eigenvalue weighted by atomic mass is 9.97. The Morgan fingerprint density at radius 2 is 1.40 bits per heavy atom. The Labute approximate surface area is 147 Å². The maximum Gasteiger partial charge on any atom is 0.165 e. The van der Waals surface area contributed by atoms with Gasteiger partial charge in [-0.1, -0.05) is 78.9 Å². The first-order valence-corrected chi connectivity index (χ1v) is 8.52. The van der Waals surface area contributed by atoms with Crippen LogP contribution in [0.5, 0.6) is 0 Å². The zero-order valence-corrected chi connectivity index (χ0v) is 13.9. The van der Waals surface area contributed by atoms with Crippen LogP contribution in [0.25, 0.3) is 10.9 Å². The topological polar surface area (TPSA) is 22.0 Å². The van der Waals surface area contributed by atoms with E-state index < -0.39 is 0 Å². The van der Waals surface area contributed by atoms with Crippen LogP contribution < -0.4 is 0 Å². The number of carbonyl (C=O) groups excluding carboxylic acids is 1. The Hall–Kier alpha value is -3.13. The summed E-state index contributed by atoms with van der Waals surface area (Å²) in [5.41, 5.74) is 3.06. The number of fused-ring (bicyclic) bond motifs is 1. The highest BCUT2D eigenvalue weighted by molar-refractivity contribution is 5.96. The van der Waals surface area contributed by atoms with Crippen LogP contribution in [0.15, 0.2) is 97.2 Å². The number of rotatable bonds is 5. The SMILES string of the molecule is O=C(C[C@H](c1ccccc1)n1ccc2ccccc21)c1ccccc1. The van der Waals surface area contributed by atoms with Gasteiger partial charge in [0.05, 0.1) is 6.04 Å². The van der Waals surface area contributed by atoms with Gasteiger partial charge >= 0.3 is 0 Å². The number of nitrogens with zero attached hydrogens (tertiary/aromatic N) is 1. The van der Waals surface area contributed by atoms with E-state index in [0.717, 1.165) is 16.6 Å². The van der Waals surface area contributed by atoms with E-state index in [1.807, 2.05) is 60.7 Å². The van der Waals surface area contributed by atoms with Gasteiger partial charge in [-0.15, -0.1) is 0 Å². The summed E-state index contributed by atoms with van der Waals surface area (Å²) in [6, 6.07) is 30.2. The van der Waals surface area contributed by atoms with Crippen LogP contribution in [0, 0.1) is 0 Å². The van der Waals surface area contributed by atoms with E-state index in [-0.39, 0.29) is 11.8 Å². The molecule has 0 aliphatic heterocycles. The highest BCUT2D eigenvalue weighted by Gasteiger charge is 2.20. The molecule has 0 aliphatic carbocycles. The zero-order valence-electron chi connectivity index (χ0n) is 13.9. The van der Waals surface area contributed by atoms with Crippen LogP contribution in [0.3, 0.4) is 0 Å². The van der Waals surface area contributed by atoms with Gasteiger partial charge in [0, 0.05) is 23.7 Å². The smallest absolute Gasteiger partial charge is 0.165 e. The van der Waals surface area contributed by atoms with Gasteiger partial charge in [0.1, 0.15) is 0 Å². The second-order valence-electron chi connectivity index (χ2n) is 6.20. The number of carbonyl (C=O) groups is 1. The van der Waals surface area contributed by atoms with Crippen LogP contribution in [-0.4, -0.2) is 10.4 Å². The molecule has 25 heavy (non-hydrogen) atoms. The van der Waals surface area contributed by atoms with E-state index in [1.54, 1.807) is 0 Å². The molecule has 0 aliphatic rings. The van der Waals surface area contributed by atoms with Gasteiger partial charge in [0.15, 0.2) is 5.78 Å². The molecule has 0 spiro atoms. The van der Waals surface area contributed by atoms with Crippen molar-refractivity contribution in [1.29, 1.82) is 0 Å². The lowest BCUT2D eigenvalue weighted by molar-refractivity contribution is 0.0970. The van der Waals surface area contributed by atoms with Crippen molar-refractivity contribution in [3.8, 4) is 0 Å². The quantitative estimate of drug-likeness (QED) is 0.444. The minimum Gasteiger partial charge on any atom is -0.340 e. The van der Waals surface area contributed by atoms with Crippen molar-refractivity contribution in [2.24, 2.45) is 0 Å². The lowest BCUT2D eigenvalue weighted by Gasteiger charge is -2.20. The molecule has 4 rings (SSSR count). The van der Waals surface area contributed by atoms with Crippen LogP contribution >= 0.6 is 0 Å². The molecule has 0 saturated heterocycles. The first kappa shape index (κ1) is 15.4. The van der Waals surface area contributed by atoms with E-state index in [4.69, 9.17) is 0 Å². The van der Waals surface area contributed by atoms with Gasteiger partial charge in [-0.05, 0) is 23.1 Å². The molecule has 0 unspecified atom stereocenters. The Balaban J connectivity index is 1.76. The largest absolute Gasteiger partial charge is 0.340 e. The molecule has 0 fully saturated rings. The Morgan fingerprint density at radius 3 is 2.16 bits per heavy atom. The van der Waals surface area contributed by atoms with Crippen molar-refractivity contribution in [2.45, 2.75) is 12.5 Å². The molecule has 3 aromatic carbocycles. The number of aromatic nitrogens is 1. The normalized spacial score (nSPS) is 12.2. The van der Waals surface area contributed by atoms with Gasteiger partial charge in [-0.25, -0.2) is 0 Å². The van der Waals surface area contributed by atoms with Crippen LogP contribution in [0.2, 0.25) is 0 Å². The first-order chi connectivity index (χ1) is 12.3. The maximum absolute atomic E-state index is 12.8. The molecular weight excluding hydrogens is 306 g/mol. The summed E-state index contributed by atoms with van der Waals surface area (Å²) in [5, 5.41) is 1.19. The third-order valence-electron chi connectivity index (χ3n) is 4.62. The van der Waals surface area contributed by atoms with Gasteiger partial charge < -0.3 is 4.57 Å². The van der Waals surface area contributed by atoms with Gasteiger partial charge in [0.2, 0.25) is 0 Å². The molecule has 1 aromatic heterocycles. The van der Waals surface area contributed by atoms with Gasteiger partial charge in [0.25, 0.3) is 0 Å². The van der Waals surface area contributed by atoms with E-state index in [2.05, 4.69) is 41.1 Å². The molecule has 2 nitrogen and oxygen atoms in total. The average Bonchev–Trinajstić information content (AvgIpc) is 3.11. The first-order valence-electron chi connectivity index (χ1n) is 8.52. The lowest BCUT2D eigenvalue weighted by Crippen LogP contribution is -2.15. The minimum atomic E-state index is -0.0196. The predicted molar refractivity (Wildman–Crippen MR) is 102 cm³/mol. The summed E-state index contributed by atoms with van der Waals surface area (Å²) >= 11 is 0. The molecule has 0 radical (unpaired) electrons. The fraction of sp³-hybridized carbons (Fsp3) is 0.0870. The van der Waals surface area contributed by atoms with E-state index in [0.29, 0.717) is 6.42 Å². The monoisotopic (exact) mass is 325 g/mol. The fourth-order valence-corrected chi connectivity index (χ4v) is 3.35. The van der Waals surface area contributed by atoms with Crippen LogP contribution in [0.1, 0.15) is 28.4 Å². The van der Waals surface area contributed by atoms with E-state index >= 15 is 0 Å². The highest BCUT2D eigenvalue weighted by Crippen LogP contribution is 2.29. The predicted octanol–water partition coefficient (Wildman–Crippen LogP) is 5.50. The maximum atomic E-state index is 12.8. The standard InChI is InChI=1S/C23H19NO/c25-23(20-12-5-2-6-13-20)17-22(18-9-3-1-4-10-18)24-16-15-19-11-7-8-14-21(19)24/h1-16,22H,17H2/t22-/m1/s1. The molecule has 0 N–H and O–H groups in total. The highest BCUT2D eigenvalue weighted by atomic mass is 16.1. The van der Waals surface area contributed by atoms with E-state index in [9.17, 15) is 4.79 Å². The molecule has 0 bridgehead atoms. The second-order valence-corrected chi connectivity index (χ2v) is 6.20. The summed E-state index contributed by atoms with van der Waals surface area (Å²) in [5.74, 6) is 0.159.